The molecule has 7 rings (SSSR count). The molecule has 2 amide bonds. The molecule has 0 radical (unpaired) electrons. The lowest BCUT2D eigenvalue weighted by molar-refractivity contribution is -0.154. The molecular formula is C27H23NO7. The summed E-state index contributed by atoms with van der Waals surface area (Å²) < 4.78 is 16.6. The predicted octanol–water partition coefficient (Wildman–Crippen LogP) is 3.10. The average Bonchev–Trinajstić information content (AvgIpc) is 3.16. The number of hydrogen-bond donors (Lipinski definition) is 0. The Morgan fingerprint density at radius 3 is 2.43 bits per heavy atom. The molecule has 0 N–H and O–H groups in total. The Morgan fingerprint density at radius 1 is 1.00 bits per heavy atom. The highest BCUT2D eigenvalue weighted by Crippen LogP contribution is 2.65. The van der Waals surface area contributed by atoms with Gasteiger partial charge in [0.05, 0.1) is 43.7 Å². The van der Waals surface area contributed by atoms with Crippen LogP contribution in [0.3, 0.4) is 0 Å². The van der Waals surface area contributed by atoms with Gasteiger partial charge < -0.3 is 14.2 Å². The Labute approximate surface area is 201 Å². The van der Waals surface area contributed by atoms with Crippen molar-refractivity contribution in [3.63, 3.8) is 0 Å². The lowest BCUT2D eigenvalue weighted by Crippen LogP contribution is -2.64. The van der Waals surface area contributed by atoms with Crippen LogP contribution in [0.4, 0.5) is 5.69 Å². The van der Waals surface area contributed by atoms with E-state index < -0.39 is 40.6 Å². The fraction of sp³-hybridized carbons (Fsp3) is 0.333. The van der Waals surface area contributed by atoms with Gasteiger partial charge in [0.1, 0.15) is 17.1 Å². The number of para-hydroxylation sites is 1. The van der Waals surface area contributed by atoms with E-state index in [4.69, 9.17) is 14.2 Å². The van der Waals surface area contributed by atoms with Crippen molar-refractivity contribution in [3.05, 3.63) is 65.7 Å². The van der Waals surface area contributed by atoms with Gasteiger partial charge in [-0.2, -0.15) is 0 Å². The van der Waals surface area contributed by atoms with Gasteiger partial charge in [0.15, 0.2) is 5.78 Å². The van der Waals surface area contributed by atoms with Gasteiger partial charge in [-0.1, -0.05) is 18.2 Å². The molecule has 178 valence electrons. The Bertz CT molecular complexity index is 1330. The number of carbonyl (C=O) groups excluding carboxylic acids is 4. The average molecular weight is 473 g/mol. The lowest BCUT2D eigenvalue weighted by atomic mass is 9.48. The summed E-state index contributed by atoms with van der Waals surface area (Å²) in [5, 5.41) is 0. The highest BCUT2D eigenvalue weighted by Gasteiger charge is 2.73. The minimum atomic E-state index is -1.26. The van der Waals surface area contributed by atoms with E-state index in [1.54, 1.807) is 54.6 Å². The largest absolute Gasteiger partial charge is 0.497 e. The predicted molar refractivity (Wildman–Crippen MR) is 123 cm³/mol. The summed E-state index contributed by atoms with van der Waals surface area (Å²) in [6.45, 7) is 0. The molecule has 8 nitrogen and oxygen atoms in total. The number of imide groups is 1. The van der Waals surface area contributed by atoms with Gasteiger partial charge in [0, 0.05) is 11.0 Å². The van der Waals surface area contributed by atoms with Crippen LogP contribution in [0.2, 0.25) is 0 Å². The summed E-state index contributed by atoms with van der Waals surface area (Å²) in [7, 11) is 2.82. The zero-order valence-electron chi connectivity index (χ0n) is 19.3. The van der Waals surface area contributed by atoms with E-state index in [2.05, 4.69) is 0 Å². The molecule has 0 aromatic heterocycles. The molecule has 2 fully saturated rings. The van der Waals surface area contributed by atoms with Gasteiger partial charge in [-0.15, -0.1) is 0 Å². The topological polar surface area (TPSA) is 99.2 Å². The molecule has 2 aromatic rings. The van der Waals surface area contributed by atoms with Crippen molar-refractivity contribution < 1.29 is 33.4 Å². The highest BCUT2D eigenvalue weighted by atomic mass is 16.5. The molecule has 2 heterocycles. The van der Waals surface area contributed by atoms with Crippen molar-refractivity contribution in [2.24, 2.45) is 17.3 Å². The Hall–Kier alpha value is -3.94. The van der Waals surface area contributed by atoms with E-state index in [-0.39, 0.29) is 12.2 Å². The molecule has 35 heavy (non-hydrogen) atoms. The van der Waals surface area contributed by atoms with Crippen molar-refractivity contribution in [1.29, 1.82) is 0 Å². The van der Waals surface area contributed by atoms with Gasteiger partial charge in [0.25, 0.3) is 0 Å². The molecule has 5 aliphatic rings. The van der Waals surface area contributed by atoms with Crippen LogP contribution >= 0.6 is 0 Å². The number of carbonyl (C=O) groups is 4. The first-order valence-corrected chi connectivity index (χ1v) is 11.5. The molecule has 3 aliphatic carbocycles. The molecule has 1 spiro atoms. The van der Waals surface area contributed by atoms with Crippen LogP contribution in [-0.4, -0.2) is 43.4 Å². The highest BCUT2D eigenvalue weighted by molar-refractivity contribution is 6.25. The lowest BCUT2D eigenvalue weighted by Gasteiger charge is -2.57. The fourth-order valence-electron chi connectivity index (χ4n) is 6.41. The number of hydrogen-bond acceptors (Lipinski definition) is 7. The minimum Gasteiger partial charge on any atom is -0.497 e. The molecule has 2 bridgehead atoms. The maximum atomic E-state index is 14.0. The van der Waals surface area contributed by atoms with Crippen LogP contribution in [0.5, 0.6) is 11.5 Å². The van der Waals surface area contributed by atoms with Crippen LogP contribution in [0.15, 0.2) is 60.2 Å². The number of methoxy groups -OCH3 is 2. The Balaban J connectivity index is 1.54. The third-order valence-electron chi connectivity index (χ3n) is 7.98. The quantitative estimate of drug-likeness (QED) is 0.497. The molecule has 1 saturated carbocycles. The first-order valence-electron chi connectivity index (χ1n) is 11.5. The van der Waals surface area contributed by atoms with E-state index in [1.807, 2.05) is 0 Å². The van der Waals surface area contributed by atoms with Crippen molar-refractivity contribution in [1.82, 2.24) is 0 Å². The van der Waals surface area contributed by atoms with E-state index >= 15 is 0 Å². The fourth-order valence-corrected chi connectivity index (χ4v) is 6.41. The summed E-state index contributed by atoms with van der Waals surface area (Å²) in [6, 6.07) is 13.6. The first kappa shape index (κ1) is 21.6. The second-order valence-electron chi connectivity index (χ2n) is 9.53. The molecule has 0 unspecified atom stereocenters. The van der Waals surface area contributed by atoms with Crippen molar-refractivity contribution in [3.8, 4) is 11.5 Å². The Morgan fingerprint density at radius 2 is 1.71 bits per heavy atom. The van der Waals surface area contributed by atoms with Crippen LogP contribution in [-0.2, 0) is 19.1 Å². The third-order valence-corrected chi connectivity index (χ3v) is 7.98. The summed E-state index contributed by atoms with van der Waals surface area (Å²) >= 11 is 0. The number of esters is 1. The molecule has 2 aromatic carbocycles. The number of Topliss-reactive ketones (excluding diaryl/α,β-unsaturated/α-hetero) is 1. The molecule has 4 atom stereocenters. The van der Waals surface area contributed by atoms with Crippen molar-refractivity contribution in [2.75, 3.05) is 19.1 Å². The maximum absolute atomic E-state index is 14.0. The number of ketones is 1. The van der Waals surface area contributed by atoms with Gasteiger partial charge in [-0.25, -0.2) is 4.90 Å². The van der Waals surface area contributed by atoms with E-state index in [1.165, 1.54) is 19.1 Å². The van der Waals surface area contributed by atoms with Gasteiger partial charge >= 0.3 is 5.97 Å². The third kappa shape index (κ3) is 2.73. The smallest absolute Gasteiger partial charge is 0.306 e. The summed E-state index contributed by atoms with van der Waals surface area (Å²) in [5.74, 6) is -2.37. The van der Waals surface area contributed by atoms with Gasteiger partial charge in [-0.3, -0.25) is 19.2 Å². The zero-order valence-corrected chi connectivity index (χ0v) is 19.3. The number of allylic oxidation sites excluding steroid dienone is 1. The number of nitrogens with zero attached hydrogens (tertiary/aromatic N) is 1. The van der Waals surface area contributed by atoms with Gasteiger partial charge in [0.2, 0.25) is 11.8 Å². The van der Waals surface area contributed by atoms with Crippen molar-refractivity contribution >= 4 is 29.3 Å². The van der Waals surface area contributed by atoms with Gasteiger partial charge in [-0.05, 0) is 49.2 Å². The van der Waals surface area contributed by atoms with Crippen LogP contribution in [0.1, 0.15) is 29.6 Å². The minimum absolute atomic E-state index is 0.103. The number of rotatable bonds is 4. The standard InChI is InChI=1S/C27H23NO7/c1-33-16-9-7-15(8-10-16)28-24(31)21-22(25(28)32)27-12-11-26(21,14-20(29)34-2)13-18(27)23(30)17-5-3-4-6-19(17)35-27/h3-10,13,21-22H,11-12,14H2,1-2H3/t21-,22+,26+,27+/m0/s1. The maximum Gasteiger partial charge on any atom is 0.306 e. The molecular weight excluding hydrogens is 450 g/mol. The number of benzene rings is 2. The first-order chi connectivity index (χ1) is 16.8. The second-order valence-corrected chi connectivity index (χ2v) is 9.53. The number of fused-ring (bicyclic) bond motifs is 2. The van der Waals surface area contributed by atoms with Crippen LogP contribution in [0.25, 0.3) is 0 Å². The number of ether oxygens (including phenoxy) is 3. The zero-order chi connectivity index (χ0) is 24.5. The molecule has 8 heteroatoms. The number of amides is 2. The Kier molecular flexibility index (Phi) is 4.49. The normalized spacial score (nSPS) is 30.2. The van der Waals surface area contributed by atoms with Crippen LogP contribution < -0.4 is 14.4 Å². The summed E-state index contributed by atoms with van der Waals surface area (Å²) in [5.41, 5.74) is -1.12. The molecule has 1 saturated heterocycles. The molecule has 2 aliphatic heterocycles. The summed E-state index contributed by atoms with van der Waals surface area (Å²) in [4.78, 5) is 55.2. The van der Waals surface area contributed by atoms with E-state index in [0.717, 1.165) is 0 Å². The SMILES string of the molecule is COC(=O)C[C@]12C=C3C(=O)c4ccccc4O[C@@]3(CC1)[C@H]1C(=O)N(c3ccc(OC)cc3)C(=O)[C@H]12. The monoisotopic (exact) mass is 473 g/mol. The van der Waals surface area contributed by atoms with E-state index in [0.29, 0.717) is 41.2 Å². The van der Waals surface area contributed by atoms with Crippen LogP contribution in [0, 0.1) is 17.3 Å². The number of anilines is 1. The second kappa shape index (κ2) is 7.28. The van der Waals surface area contributed by atoms with E-state index in [9.17, 15) is 19.2 Å². The van der Waals surface area contributed by atoms with Crippen molar-refractivity contribution in [2.45, 2.75) is 24.9 Å². The summed E-state index contributed by atoms with van der Waals surface area (Å²) in [6.07, 6.45) is 2.38.